The molecule has 2 heterocycles. The lowest BCUT2D eigenvalue weighted by Crippen LogP contribution is -2.38. The van der Waals surface area contributed by atoms with Crippen LogP contribution in [0.4, 0.5) is 0 Å². The van der Waals surface area contributed by atoms with Crippen molar-refractivity contribution in [3.05, 3.63) is 58.8 Å². The number of fused-ring (bicyclic) bond motifs is 2. The summed E-state index contributed by atoms with van der Waals surface area (Å²) < 4.78 is 1.93. The van der Waals surface area contributed by atoms with Crippen molar-refractivity contribution in [2.45, 2.75) is 25.4 Å². The number of amides is 1. The number of hydrogen-bond acceptors (Lipinski definition) is 3. The SMILES string of the molecule is O=C(Cn1c2ccccc2c(=O)c2ccccc21)NCC1CCCN1. The molecule has 1 amide bonds. The third-order valence-corrected chi connectivity index (χ3v) is 4.89. The van der Waals surface area contributed by atoms with Gasteiger partial charge in [-0.15, -0.1) is 0 Å². The maximum Gasteiger partial charge on any atom is 0.240 e. The van der Waals surface area contributed by atoms with Gasteiger partial charge in [-0.3, -0.25) is 9.59 Å². The molecule has 0 spiro atoms. The van der Waals surface area contributed by atoms with Gasteiger partial charge in [0.25, 0.3) is 0 Å². The molecule has 0 saturated carbocycles. The van der Waals surface area contributed by atoms with Gasteiger partial charge in [-0.05, 0) is 43.7 Å². The molecule has 128 valence electrons. The van der Waals surface area contributed by atoms with Crippen molar-refractivity contribution in [3.63, 3.8) is 0 Å². The standard InChI is InChI=1S/C20H21N3O2/c24-19(22-12-14-6-5-11-21-14)13-23-17-9-3-1-7-15(17)20(25)16-8-2-4-10-18(16)23/h1-4,7-10,14,21H,5-6,11-13H2,(H,22,24). The van der Waals surface area contributed by atoms with E-state index in [2.05, 4.69) is 10.6 Å². The van der Waals surface area contributed by atoms with Crippen molar-refractivity contribution >= 4 is 27.7 Å². The molecule has 1 aliphatic rings. The average molecular weight is 335 g/mol. The lowest BCUT2D eigenvalue weighted by atomic mass is 10.1. The molecular formula is C20H21N3O2. The van der Waals surface area contributed by atoms with Crippen LogP contribution in [0.2, 0.25) is 0 Å². The first kappa shape index (κ1) is 15.8. The van der Waals surface area contributed by atoms with Gasteiger partial charge in [-0.1, -0.05) is 24.3 Å². The van der Waals surface area contributed by atoms with Crippen LogP contribution in [0.5, 0.6) is 0 Å². The van der Waals surface area contributed by atoms with E-state index in [9.17, 15) is 9.59 Å². The zero-order valence-electron chi connectivity index (χ0n) is 14.0. The second-order valence-electron chi connectivity index (χ2n) is 6.55. The molecular weight excluding hydrogens is 314 g/mol. The first-order chi connectivity index (χ1) is 12.2. The van der Waals surface area contributed by atoms with Crippen LogP contribution < -0.4 is 16.1 Å². The summed E-state index contributed by atoms with van der Waals surface area (Å²) in [6.45, 7) is 1.87. The molecule has 25 heavy (non-hydrogen) atoms. The fourth-order valence-electron chi connectivity index (χ4n) is 3.61. The highest BCUT2D eigenvalue weighted by molar-refractivity contribution is 5.94. The molecule has 3 aromatic rings. The number of nitrogens with one attached hydrogen (secondary N) is 2. The van der Waals surface area contributed by atoms with E-state index >= 15 is 0 Å². The third kappa shape index (κ3) is 3.03. The quantitative estimate of drug-likeness (QED) is 0.717. The lowest BCUT2D eigenvalue weighted by molar-refractivity contribution is -0.121. The zero-order chi connectivity index (χ0) is 17.2. The van der Waals surface area contributed by atoms with Crippen LogP contribution in [0, 0.1) is 0 Å². The van der Waals surface area contributed by atoms with E-state index in [1.54, 1.807) is 0 Å². The number of nitrogens with zero attached hydrogens (tertiary/aromatic N) is 1. The number of carbonyl (C=O) groups is 1. The predicted molar refractivity (Wildman–Crippen MR) is 99.7 cm³/mol. The zero-order valence-corrected chi connectivity index (χ0v) is 14.0. The molecule has 5 heteroatoms. The van der Waals surface area contributed by atoms with E-state index in [0.29, 0.717) is 23.4 Å². The average Bonchev–Trinajstić information content (AvgIpc) is 3.17. The van der Waals surface area contributed by atoms with Crippen molar-refractivity contribution < 1.29 is 4.79 Å². The Bertz CT molecular complexity index is 927. The van der Waals surface area contributed by atoms with Gasteiger partial charge >= 0.3 is 0 Å². The van der Waals surface area contributed by atoms with E-state index in [-0.39, 0.29) is 17.9 Å². The van der Waals surface area contributed by atoms with Crippen LogP contribution >= 0.6 is 0 Å². The minimum absolute atomic E-state index is 0.0120. The molecule has 2 N–H and O–H groups in total. The van der Waals surface area contributed by atoms with Crippen LogP contribution in [0.1, 0.15) is 12.8 Å². The first-order valence-corrected chi connectivity index (χ1v) is 8.74. The molecule has 1 unspecified atom stereocenters. The highest BCUT2D eigenvalue weighted by Gasteiger charge is 2.16. The largest absolute Gasteiger partial charge is 0.353 e. The van der Waals surface area contributed by atoms with Crippen molar-refractivity contribution in [1.29, 1.82) is 0 Å². The molecule has 1 saturated heterocycles. The van der Waals surface area contributed by atoms with Gasteiger partial charge in [0.15, 0.2) is 5.43 Å². The highest BCUT2D eigenvalue weighted by atomic mass is 16.2. The minimum Gasteiger partial charge on any atom is -0.353 e. The molecule has 1 aromatic heterocycles. The molecule has 0 bridgehead atoms. The van der Waals surface area contributed by atoms with Gasteiger partial charge in [0.05, 0.1) is 11.0 Å². The Hall–Kier alpha value is -2.66. The number of pyridine rings is 1. The van der Waals surface area contributed by atoms with Gasteiger partial charge in [-0.25, -0.2) is 0 Å². The van der Waals surface area contributed by atoms with Crippen molar-refractivity contribution in [3.8, 4) is 0 Å². The first-order valence-electron chi connectivity index (χ1n) is 8.74. The Balaban J connectivity index is 1.70. The van der Waals surface area contributed by atoms with Crippen LogP contribution in [0.3, 0.4) is 0 Å². The van der Waals surface area contributed by atoms with Crippen molar-refractivity contribution in [1.82, 2.24) is 15.2 Å². The normalized spacial score (nSPS) is 17.2. The number of aromatic nitrogens is 1. The maximum absolute atomic E-state index is 12.7. The number of benzene rings is 2. The van der Waals surface area contributed by atoms with Crippen LogP contribution in [0.25, 0.3) is 21.8 Å². The molecule has 1 aliphatic heterocycles. The smallest absolute Gasteiger partial charge is 0.240 e. The summed E-state index contributed by atoms with van der Waals surface area (Å²) in [6, 6.07) is 15.3. The molecule has 4 rings (SSSR count). The molecule has 0 aliphatic carbocycles. The second-order valence-corrected chi connectivity index (χ2v) is 6.55. The van der Waals surface area contributed by atoms with E-state index in [4.69, 9.17) is 0 Å². The minimum atomic E-state index is -0.0346. The fraction of sp³-hybridized carbons (Fsp3) is 0.300. The van der Waals surface area contributed by atoms with E-state index in [1.807, 2.05) is 53.1 Å². The number of carbonyl (C=O) groups excluding carboxylic acids is 1. The molecule has 0 radical (unpaired) electrons. The summed E-state index contributed by atoms with van der Waals surface area (Å²) in [4.78, 5) is 25.2. The second kappa shape index (κ2) is 6.69. The monoisotopic (exact) mass is 335 g/mol. The molecule has 2 aromatic carbocycles. The summed E-state index contributed by atoms with van der Waals surface area (Å²) in [6.07, 6.45) is 2.26. The Morgan fingerprint density at radius 2 is 1.72 bits per heavy atom. The molecule has 1 atom stereocenters. The Morgan fingerprint density at radius 3 is 2.32 bits per heavy atom. The summed E-state index contributed by atoms with van der Waals surface area (Å²) >= 11 is 0. The summed E-state index contributed by atoms with van der Waals surface area (Å²) in [5, 5.41) is 7.69. The fourth-order valence-corrected chi connectivity index (χ4v) is 3.61. The van der Waals surface area contributed by atoms with Crippen molar-refractivity contribution in [2.24, 2.45) is 0 Å². The predicted octanol–water partition coefficient (Wildman–Crippen LogP) is 2.02. The van der Waals surface area contributed by atoms with E-state index in [0.717, 1.165) is 30.4 Å². The topological polar surface area (TPSA) is 63.1 Å². The Morgan fingerprint density at radius 1 is 1.08 bits per heavy atom. The van der Waals surface area contributed by atoms with Crippen LogP contribution in [-0.4, -0.2) is 29.6 Å². The Labute approximate surface area is 145 Å². The lowest BCUT2D eigenvalue weighted by Gasteiger charge is -2.16. The van der Waals surface area contributed by atoms with Crippen LogP contribution in [0.15, 0.2) is 53.3 Å². The number of rotatable bonds is 4. The van der Waals surface area contributed by atoms with Gasteiger partial charge in [-0.2, -0.15) is 0 Å². The number of para-hydroxylation sites is 2. The number of hydrogen-bond donors (Lipinski definition) is 2. The summed E-state index contributed by atoms with van der Waals surface area (Å²) in [7, 11) is 0. The summed E-state index contributed by atoms with van der Waals surface area (Å²) in [5.41, 5.74) is 1.60. The maximum atomic E-state index is 12.7. The van der Waals surface area contributed by atoms with E-state index < -0.39 is 0 Å². The van der Waals surface area contributed by atoms with Gasteiger partial charge in [0.2, 0.25) is 5.91 Å². The molecule has 1 fully saturated rings. The molecule has 5 nitrogen and oxygen atoms in total. The van der Waals surface area contributed by atoms with Gasteiger partial charge in [0.1, 0.15) is 6.54 Å². The van der Waals surface area contributed by atoms with E-state index in [1.165, 1.54) is 0 Å². The van der Waals surface area contributed by atoms with Gasteiger partial charge in [0, 0.05) is 23.4 Å². The Kier molecular flexibility index (Phi) is 4.24. The van der Waals surface area contributed by atoms with Crippen LogP contribution in [-0.2, 0) is 11.3 Å². The van der Waals surface area contributed by atoms with Gasteiger partial charge < -0.3 is 15.2 Å². The van der Waals surface area contributed by atoms with Crippen molar-refractivity contribution in [2.75, 3.05) is 13.1 Å². The third-order valence-electron chi connectivity index (χ3n) is 4.89. The summed E-state index contributed by atoms with van der Waals surface area (Å²) in [5.74, 6) is -0.0346. The highest BCUT2D eigenvalue weighted by Crippen LogP contribution is 2.18.